The van der Waals surface area contributed by atoms with Gasteiger partial charge in [0.15, 0.2) is 17.2 Å². The molecule has 0 radical (unpaired) electrons. The molecule has 0 atom stereocenters. The van der Waals surface area contributed by atoms with Crippen LogP contribution < -0.4 is 5.32 Å². The number of rotatable bonds is 4. The molecule has 15 heteroatoms. The number of aryl methyl sites for hydroxylation is 1. The molecule has 0 aliphatic rings. The van der Waals surface area contributed by atoms with E-state index in [2.05, 4.69) is 35.7 Å². The number of nitrogens with zero attached hydrogens (tertiary/aromatic N) is 10. The van der Waals surface area contributed by atoms with Gasteiger partial charge in [-0.25, -0.2) is 14.6 Å². The van der Waals surface area contributed by atoms with Crippen molar-refractivity contribution in [3.63, 3.8) is 0 Å². The van der Waals surface area contributed by atoms with Gasteiger partial charge in [-0.1, -0.05) is 0 Å². The molecule has 0 aromatic carbocycles. The van der Waals surface area contributed by atoms with Gasteiger partial charge in [0.1, 0.15) is 11.6 Å². The third kappa shape index (κ3) is 3.72. The number of hydrogen-bond donors (Lipinski definition) is 1. The number of aromatic nitrogens is 9. The third-order valence-corrected chi connectivity index (χ3v) is 4.98. The summed E-state index contributed by atoms with van der Waals surface area (Å²) in [6.07, 6.45) is 2.54. The number of carbonyl (C=O) groups is 1. The highest BCUT2D eigenvalue weighted by molar-refractivity contribution is 6.05. The number of hydrogen-bond acceptors (Lipinski definition) is 8. The largest absolute Gasteiger partial charge is 0.434 e. The van der Waals surface area contributed by atoms with Gasteiger partial charge in [-0.2, -0.15) is 38.8 Å². The van der Waals surface area contributed by atoms with Gasteiger partial charge in [-0.15, -0.1) is 4.80 Å². The van der Waals surface area contributed by atoms with Crippen molar-refractivity contribution in [2.24, 2.45) is 7.05 Å². The molecule has 5 rings (SSSR count). The van der Waals surface area contributed by atoms with Crippen LogP contribution in [0.4, 0.5) is 18.9 Å². The van der Waals surface area contributed by atoms with Crippen LogP contribution in [0.5, 0.6) is 0 Å². The lowest BCUT2D eigenvalue weighted by molar-refractivity contribution is -0.143. The van der Waals surface area contributed by atoms with Crippen LogP contribution in [-0.4, -0.2) is 50.4 Å². The summed E-state index contributed by atoms with van der Waals surface area (Å²) < 4.78 is 44.4. The monoisotopic (exact) mass is 479 g/mol. The van der Waals surface area contributed by atoms with Gasteiger partial charge in [-0.3, -0.25) is 9.48 Å². The van der Waals surface area contributed by atoms with Crippen LogP contribution in [-0.2, 0) is 13.2 Å². The van der Waals surface area contributed by atoms with Crippen molar-refractivity contribution < 1.29 is 18.0 Å². The van der Waals surface area contributed by atoms with E-state index in [0.717, 1.165) is 11.0 Å². The van der Waals surface area contributed by atoms with Gasteiger partial charge in [-0.05, 0) is 12.1 Å². The number of alkyl halides is 3. The molecule has 0 saturated heterocycles. The lowest BCUT2D eigenvalue weighted by Crippen LogP contribution is -2.21. The van der Waals surface area contributed by atoms with E-state index in [-0.39, 0.29) is 22.8 Å². The van der Waals surface area contributed by atoms with E-state index in [0.29, 0.717) is 15.7 Å². The van der Waals surface area contributed by atoms with Crippen LogP contribution in [0.1, 0.15) is 21.6 Å². The van der Waals surface area contributed by atoms with E-state index in [1.165, 1.54) is 47.8 Å². The first-order valence-corrected chi connectivity index (χ1v) is 9.78. The molecule has 0 aliphatic heterocycles. The van der Waals surface area contributed by atoms with Gasteiger partial charge in [0, 0.05) is 13.2 Å². The van der Waals surface area contributed by atoms with E-state index >= 15 is 0 Å². The first-order chi connectivity index (χ1) is 16.8. The SMILES string of the molecule is Cn1ncc2c(-n3ncc(C(=O)Nc4cnc(-n5nccn5)c(C#N)c4)c3C(F)(F)F)ccnc21. The Kier molecular flexibility index (Phi) is 4.97. The summed E-state index contributed by atoms with van der Waals surface area (Å²) in [7, 11) is 1.60. The number of pyridine rings is 2. The minimum Gasteiger partial charge on any atom is -0.320 e. The van der Waals surface area contributed by atoms with Crippen molar-refractivity contribution in [3.8, 4) is 17.6 Å². The number of nitriles is 1. The highest BCUT2D eigenvalue weighted by atomic mass is 19.4. The zero-order valence-corrected chi connectivity index (χ0v) is 17.6. The minimum atomic E-state index is -4.92. The Balaban J connectivity index is 1.54. The molecule has 0 saturated carbocycles. The number of fused-ring (bicyclic) bond motifs is 1. The molecule has 1 amide bonds. The van der Waals surface area contributed by atoms with Crippen LogP contribution in [0.2, 0.25) is 0 Å². The Labute approximate surface area is 193 Å². The fourth-order valence-electron chi connectivity index (χ4n) is 3.48. The summed E-state index contributed by atoms with van der Waals surface area (Å²) in [5.74, 6) is -0.992. The molecule has 5 heterocycles. The van der Waals surface area contributed by atoms with Crippen molar-refractivity contribution in [1.82, 2.24) is 44.5 Å². The fourth-order valence-corrected chi connectivity index (χ4v) is 3.48. The highest BCUT2D eigenvalue weighted by Crippen LogP contribution is 2.35. The molecule has 5 aromatic rings. The van der Waals surface area contributed by atoms with E-state index in [1.807, 2.05) is 6.07 Å². The molecular formula is C20H12F3N11O. The predicted octanol–water partition coefficient (Wildman–Crippen LogP) is 2.27. The molecule has 0 unspecified atom stereocenters. The maximum Gasteiger partial charge on any atom is 0.434 e. The molecule has 12 nitrogen and oxygen atoms in total. The molecule has 0 bridgehead atoms. The molecule has 0 spiro atoms. The van der Waals surface area contributed by atoms with Crippen LogP contribution in [0.3, 0.4) is 0 Å². The second kappa shape index (κ2) is 8.02. The smallest absolute Gasteiger partial charge is 0.320 e. The Hall–Kier alpha value is -5.13. The molecule has 174 valence electrons. The fraction of sp³-hybridized carbons (Fsp3) is 0.100. The lowest BCUT2D eigenvalue weighted by atomic mass is 10.2. The summed E-state index contributed by atoms with van der Waals surface area (Å²) in [5.41, 5.74) is -1.60. The zero-order valence-electron chi connectivity index (χ0n) is 17.6. The maximum absolute atomic E-state index is 14.1. The topological polar surface area (TPSA) is 145 Å². The van der Waals surface area contributed by atoms with Crippen molar-refractivity contribution in [2.75, 3.05) is 5.32 Å². The van der Waals surface area contributed by atoms with Crippen LogP contribution in [0.15, 0.2) is 49.3 Å². The first kappa shape index (κ1) is 21.7. The molecule has 5 aromatic heterocycles. The van der Waals surface area contributed by atoms with Gasteiger partial charge >= 0.3 is 6.18 Å². The zero-order chi connectivity index (χ0) is 24.7. The number of anilines is 1. The predicted molar refractivity (Wildman–Crippen MR) is 112 cm³/mol. The van der Waals surface area contributed by atoms with Crippen molar-refractivity contribution >= 4 is 22.6 Å². The minimum absolute atomic E-state index is 0.00138. The van der Waals surface area contributed by atoms with Crippen molar-refractivity contribution in [2.45, 2.75) is 6.18 Å². The summed E-state index contributed by atoms with van der Waals surface area (Å²) in [4.78, 5) is 22.1. The summed E-state index contributed by atoms with van der Waals surface area (Å²) in [5, 5.41) is 27.7. The van der Waals surface area contributed by atoms with Gasteiger partial charge in [0.25, 0.3) is 5.91 Å². The Morgan fingerprint density at radius 3 is 2.54 bits per heavy atom. The molecular weight excluding hydrogens is 467 g/mol. The molecule has 0 fully saturated rings. The first-order valence-electron chi connectivity index (χ1n) is 9.78. The van der Waals surface area contributed by atoms with Gasteiger partial charge in [0.05, 0.1) is 53.3 Å². The molecule has 35 heavy (non-hydrogen) atoms. The van der Waals surface area contributed by atoms with E-state index in [1.54, 1.807) is 7.05 Å². The Bertz CT molecular complexity index is 1610. The Morgan fingerprint density at radius 1 is 1.06 bits per heavy atom. The average molecular weight is 479 g/mol. The quantitative estimate of drug-likeness (QED) is 0.413. The Morgan fingerprint density at radius 2 is 1.83 bits per heavy atom. The van der Waals surface area contributed by atoms with Crippen molar-refractivity contribution in [3.05, 3.63) is 66.1 Å². The summed E-state index contributed by atoms with van der Waals surface area (Å²) in [6, 6.07) is 4.49. The second-order valence-corrected chi connectivity index (χ2v) is 7.13. The molecule has 1 N–H and O–H groups in total. The highest BCUT2D eigenvalue weighted by Gasteiger charge is 2.41. The number of halogens is 3. The number of carbonyl (C=O) groups excluding carboxylic acids is 1. The molecule has 0 aliphatic carbocycles. The van der Waals surface area contributed by atoms with Gasteiger partial charge in [0.2, 0.25) is 0 Å². The van der Waals surface area contributed by atoms with Crippen molar-refractivity contribution in [1.29, 1.82) is 5.26 Å². The van der Waals surface area contributed by atoms with Crippen LogP contribution in [0, 0.1) is 11.3 Å². The number of amides is 1. The van der Waals surface area contributed by atoms with E-state index < -0.39 is 23.3 Å². The van der Waals surface area contributed by atoms with E-state index in [9.17, 15) is 23.2 Å². The maximum atomic E-state index is 14.1. The van der Waals surface area contributed by atoms with E-state index in [4.69, 9.17) is 0 Å². The second-order valence-electron chi connectivity index (χ2n) is 7.13. The standard InChI is InChI=1S/C20H12F3N11O/c1-32-18-13(9-29-32)15(2-3-25-18)33-16(20(21,22)23)14(10-30-33)19(35)31-12-6-11(7-24)17(26-8-12)34-27-4-5-28-34/h2-6,8-10H,1H3,(H,31,35). The summed E-state index contributed by atoms with van der Waals surface area (Å²) >= 11 is 0. The van der Waals surface area contributed by atoms with Crippen LogP contribution in [0.25, 0.3) is 22.5 Å². The lowest BCUT2D eigenvalue weighted by Gasteiger charge is -2.13. The average Bonchev–Trinajstić information content (AvgIpc) is 3.59. The van der Waals surface area contributed by atoms with Gasteiger partial charge < -0.3 is 5.32 Å². The summed E-state index contributed by atoms with van der Waals surface area (Å²) in [6.45, 7) is 0. The normalized spacial score (nSPS) is 11.5. The number of nitrogens with one attached hydrogen (secondary N) is 1. The van der Waals surface area contributed by atoms with Crippen LogP contribution >= 0.6 is 0 Å². The third-order valence-electron chi connectivity index (χ3n) is 4.98.